The number of aliphatic carboxylic acids is 1. The molecule has 39 heavy (non-hydrogen) atoms. The molecule has 0 spiro atoms. The first-order valence-electron chi connectivity index (χ1n) is 14.2. The molecule has 0 radical (unpaired) electrons. The molecule has 9 heteroatoms. The monoisotopic (exact) mass is 540 g/mol. The fourth-order valence-corrected chi connectivity index (χ4v) is 6.28. The van der Waals surface area contributed by atoms with Crippen molar-refractivity contribution < 1.29 is 23.5 Å². The van der Waals surface area contributed by atoms with E-state index in [-0.39, 0.29) is 37.9 Å². The van der Waals surface area contributed by atoms with Gasteiger partial charge < -0.3 is 15.3 Å². The average molecular weight is 541 g/mol. The van der Waals surface area contributed by atoms with Crippen molar-refractivity contribution in [1.29, 1.82) is 0 Å². The summed E-state index contributed by atoms with van der Waals surface area (Å²) in [4.78, 5) is 33.3. The van der Waals surface area contributed by atoms with Crippen LogP contribution < -0.4 is 5.32 Å². The topological polar surface area (TPSA) is 85.8 Å². The van der Waals surface area contributed by atoms with E-state index in [1.807, 2.05) is 19.9 Å². The summed E-state index contributed by atoms with van der Waals surface area (Å²) in [5.41, 5.74) is 3.88. The number of anilines is 1. The predicted octanol–water partition coefficient (Wildman–Crippen LogP) is 5.30. The Kier molecular flexibility index (Phi) is 7.89. The van der Waals surface area contributed by atoms with Crippen LogP contribution in [-0.2, 0) is 24.2 Å². The Morgan fingerprint density at radius 1 is 1.23 bits per heavy atom. The first kappa shape index (κ1) is 27.5. The minimum atomic E-state index is -2.87. The Morgan fingerprint density at radius 3 is 2.82 bits per heavy atom. The zero-order chi connectivity index (χ0) is 27.7. The Labute approximate surface area is 228 Å². The van der Waals surface area contributed by atoms with E-state index in [1.54, 1.807) is 28.0 Å². The molecule has 2 unspecified atom stereocenters. The molecular weight excluding hydrogens is 502 g/mol. The second kappa shape index (κ2) is 11.2. The molecule has 1 aromatic heterocycles. The number of carboxylic acids is 1. The van der Waals surface area contributed by atoms with Gasteiger partial charge in [-0.2, -0.15) is 0 Å². The second-order valence-electron chi connectivity index (χ2n) is 11.4. The predicted molar refractivity (Wildman–Crippen MR) is 145 cm³/mol. The number of carbonyl (C=O) groups is 2. The SMILES string of the molecule is CC(C)N1Cc2c(cccc2C(C(=O)O)N2CCC(C(F)(F)CCCCc3ccc4c(n3)NCCC4)C2)C1=O. The Hall–Kier alpha value is -3.07. The number of halogens is 2. The fraction of sp³-hybridized carbons (Fsp3) is 0.567. The molecule has 2 N–H and O–H groups in total. The number of nitrogens with zero attached hydrogens (tertiary/aromatic N) is 3. The number of likely N-dealkylation sites (tertiary alicyclic amines) is 1. The van der Waals surface area contributed by atoms with Gasteiger partial charge in [-0.05, 0) is 87.7 Å². The summed E-state index contributed by atoms with van der Waals surface area (Å²) in [7, 11) is 0. The van der Waals surface area contributed by atoms with Crippen molar-refractivity contribution in [3.63, 3.8) is 0 Å². The zero-order valence-corrected chi connectivity index (χ0v) is 22.8. The van der Waals surface area contributed by atoms with E-state index in [9.17, 15) is 14.7 Å². The molecule has 3 aliphatic heterocycles. The highest BCUT2D eigenvalue weighted by molar-refractivity contribution is 5.99. The lowest BCUT2D eigenvalue weighted by Crippen LogP contribution is -2.36. The van der Waals surface area contributed by atoms with Gasteiger partial charge in [0.1, 0.15) is 11.9 Å². The highest BCUT2D eigenvalue weighted by atomic mass is 19.3. The lowest BCUT2D eigenvalue weighted by atomic mass is 9.94. The minimum absolute atomic E-state index is 0.0180. The number of rotatable bonds is 10. The third-order valence-electron chi connectivity index (χ3n) is 8.51. The highest BCUT2D eigenvalue weighted by Gasteiger charge is 2.46. The molecule has 2 aromatic rings. The molecule has 0 aliphatic carbocycles. The van der Waals surface area contributed by atoms with Crippen LogP contribution in [0.1, 0.15) is 84.7 Å². The third-order valence-corrected chi connectivity index (χ3v) is 8.51. The maximum absolute atomic E-state index is 15.3. The van der Waals surface area contributed by atoms with Crippen LogP contribution in [0.3, 0.4) is 0 Å². The number of benzene rings is 1. The number of hydrogen-bond acceptors (Lipinski definition) is 5. The molecule has 2 atom stereocenters. The van der Waals surface area contributed by atoms with Crippen molar-refractivity contribution in [2.75, 3.05) is 25.0 Å². The lowest BCUT2D eigenvalue weighted by Gasteiger charge is -2.28. The van der Waals surface area contributed by atoms with Gasteiger partial charge in [0.15, 0.2) is 0 Å². The third kappa shape index (κ3) is 5.64. The molecule has 1 saturated heterocycles. The van der Waals surface area contributed by atoms with Crippen LogP contribution in [0.5, 0.6) is 0 Å². The Balaban J connectivity index is 1.20. The van der Waals surface area contributed by atoms with Crippen molar-refractivity contribution in [3.05, 3.63) is 58.3 Å². The Morgan fingerprint density at radius 2 is 2.05 bits per heavy atom. The fourth-order valence-electron chi connectivity index (χ4n) is 6.28. The minimum Gasteiger partial charge on any atom is -0.480 e. The molecule has 210 valence electrons. The molecule has 1 amide bonds. The number of aryl methyl sites for hydroxylation is 2. The van der Waals surface area contributed by atoms with Gasteiger partial charge in [-0.1, -0.05) is 18.2 Å². The molecule has 4 heterocycles. The van der Waals surface area contributed by atoms with Gasteiger partial charge in [-0.25, -0.2) is 13.8 Å². The van der Waals surface area contributed by atoms with E-state index in [0.717, 1.165) is 30.9 Å². The van der Waals surface area contributed by atoms with Gasteiger partial charge in [-0.3, -0.25) is 14.5 Å². The Bertz CT molecular complexity index is 1230. The zero-order valence-electron chi connectivity index (χ0n) is 22.8. The van der Waals surface area contributed by atoms with Crippen molar-refractivity contribution in [3.8, 4) is 0 Å². The van der Waals surface area contributed by atoms with Crippen molar-refractivity contribution in [2.24, 2.45) is 5.92 Å². The molecule has 1 fully saturated rings. The lowest BCUT2D eigenvalue weighted by molar-refractivity contribution is -0.143. The van der Waals surface area contributed by atoms with Crippen LogP contribution in [0.15, 0.2) is 30.3 Å². The van der Waals surface area contributed by atoms with Gasteiger partial charge >= 0.3 is 5.97 Å². The molecule has 3 aliphatic rings. The number of amides is 1. The number of fused-ring (bicyclic) bond motifs is 2. The molecular formula is C30H38F2N4O3. The van der Waals surface area contributed by atoms with E-state index < -0.39 is 23.9 Å². The molecule has 5 rings (SSSR count). The van der Waals surface area contributed by atoms with E-state index in [1.165, 1.54) is 5.56 Å². The summed E-state index contributed by atoms with van der Waals surface area (Å²) < 4.78 is 30.6. The van der Waals surface area contributed by atoms with Crippen LogP contribution >= 0.6 is 0 Å². The van der Waals surface area contributed by atoms with Gasteiger partial charge in [0, 0.05) is 49.3 Å². The smallest absolute Gasteiger partial charge is 0.325 e. The summed E-state index contributed by atoms with van der Waals surface area (Å²) in [6.45, 7) is 5.41. The number of hydrogen-bond donors (Lipinski definition) is 2. The van der Waals surface area contributed by atoms with Crippen molar-refractivity contribution >= 4 is 17.7 Å². The van der Waals surface area contributed by atoms with Crippen molar-refractivity contribution in [1.82, 2.24) is 14.8 Å². The van der Waals surface area contributed by atoms with Crippen LogP contribution in [0.2, 0.25) is 0 Å². The van der Waals surface area contributed by atoms with E-state index >= 15 is 8.78 Å². The maximum atomic E-state index is 15.3. The first-order valence-corrected chi connectivity index (χ1v) is 14.2. The summed E-state index contributed by atoms with van der Waals surface area (Å²) in [6, 6.07) is 8.16. The van der Waals surface area contributed by atoms with Gasteiger partial charge in [0.25, 0.3) is 11.8 Å². The number of carboxylic acid groups (broad SMARTS) is 1. The molecule has 0 saturated carbocycles. The first-order chi connectivity index (χ1) is 18.7. The number of aromatic nitrogens is 1. The quantitative estimate of drug-likeness (QED) is 0.398. The van der Waals surface area contributed by atoms with Gasteiger partial charge in [-0.15, -0.1) is 0 Å². The van der Waals surface area contributed by atoms with Crippen LogP contribution in [-0.4, -0.2) is 63.4 Å². The maximum Gasteiger partial charge on any atom is 0.325 e. The van der Waals surface area contributed by atoms with Crippen LogP contribution in [0.4, 0.5) is 14.6 Å². The van der Waals surface area contributed by atoms with Gasteiger partial charge in [0.2, 0.25) is 0 Å². The number of pyridine rings is 1. The van der Waals surface area contributed by atoms with Crippen molar-refractivity contribution in [2.45, 2.75) is 83.3 Å². The average Bonchev–Trinajstić information content (AvgIpc) is 3.53. The van der Waals surface area contributed by atoms with E-state index in [2.05, 4.69) is 16.4 Å². The largest absolute Gasteiger partial charge is 0.480 e. The van der Waals surface area contributed by atoms with Gasteiger partial charge in [0.05, 0.1) is 0 Å². The number of unbranched alkanes of at least 4 members (excludes halogenated alkanes) is 1. The van der Waals surface area contributed by atoms with E-state index in [4.69, 9.17) is 0 Å². The van der Waals surface area contributed by atoms with E-state index in [0.29, 0.717) is 42.5 Å². The number of carbonyl (C=O) groups excluding carboxylic acids is 1. The normalized spacial score (nSPS) is 20.2. The summed E-state index contributed by atoms with van der Waals surface area (Å²) in [5, 5.41) is 13.5. The number of alkyl halides is 2. The second-order valence-corrected chi connectivity index (χ2v) is 11.4. The molecule has 1 aromatic carbocycles. The van der Waals surface area contributed by atoms with Crippen LogP contribution in [0.25, 0.3) is 0 Å². The highest BCUT2D eigenvalue weighted by Crippen LogP contribution is 2.41. The summed E-state index contributed by atoms with van der Waals surface area (Å²) in [5.74, 6) is -4.02. The standard InChI is InChI=1S/C30H38F2N4O3/c1-19(2)36-18-25-23(9-5-10-24(25)28(36)37)26(29(38)39)35-16-13-21(17-35)30(31,32)14-4-3-8-22-12-11-20-7-6-15-33-27(20)34-22/h5,9-12,19,21,26H,3-4,6-8,13-18H2,1-2H3,(H,33,34)(H,38,39). The number of nitrogens with one attached hydrogen (secondary N) is 1. The molecule has 0 bridgehead atoms. The summed E-state index contributed by atoms with van der Waals surface area (Å²) in [6.07, 6.45) is 3.83. The van der Waals surface area contributed by atoms with Crippen LogP contribution in [0, 0.1) is 5.92 Å². The molecule has 7 nitrogen and oxygen atoms in total. The summed E-state index contributed by atoms with van der Waals surface area (Å²) >= 11 is 0.